The fourth-order valence-corrected chi connectivity index (χ4v) is 0.663. The van der Waals surface area contributed by atoms with Gasteiger partial charge in [0.25, 0.3) is 0 Å². The van der Waals surface area contributed by atoms with Crippen LogP contribution in [-0.2, 0) is 4.79 Å². The predicted octanol–water partition coefficient (Wildman–Crippen LogP) is 0.261. The summed E-state index contributed by atoms with van der Waals surface area (Å²) >= 11 is 0. The van der Waals surface area contributed by atoms with Crippen molar-refractivity contribution in [2.45, 2.75) is 0 Å². The molecule has 4 nitrogen and oxygen atoms in total. The van der Waals surface area contributed by atoms with Crippen molar-refractivity contribution in [3.63, 3.8) is 0 Å². The molecule has 0 heterocycles. The molecule has 5 heteroatoms. The molecule has 0 saturated carbocycles. The SMILES string of the molecule is O=[C-]c1cc(O)c(O)c(O)c1.[La]. The van der Waals surface area contributed by atoms with Crippen LogP contribution in [0.25, 0.3) is 0 Å². The van der Waals surface area contributed by atoms with Crippen molar-refractivity contribution in [1.29, 1.82) is 0 Å². The maximum absolute atomic E-state index is 9.99. The van der Waals surface area contributed by atoms with E-state index in [9.17, 15) is 4.79 Å². The van der Waals surface area contributed by atoms with Gasteiger partial charge in [-0.2, -0.15) is 0 Å². The van der Waals surface area contributed by atoms with Gasteiger partial charge in [0.05, 0.1) is 6.29 Å². The molecule has 12 heavy (non-hydrogen) atoms. The van der Waals surface area contributed by atoms with Crippen LogP contribution in [0.15, 0.2) is 12.1 Å². The average molecular weight is 292 g/mol. The Hall–Kier alpha value is -0.515. The normalized spacial score (nSPS) is 8.67. The maximum atomic E-state index is 9.99. The van der Waals surface area contributed by atoms with E-state index in [-0.39, 0.29) is 41.2 Å². The summed E-state index contributed by atoms with van der Waals surface area (Å²) in [5.74, 6) is -1.71. The van der Waals surface area contributed by atoms with Crippen LogP contribution in [0.1, 0.15) is 5.56 Å². The first-order valence-electron chi connectivity index (χ1n) is 2.78. The summed E-state index contributed by atoms with van der Waals surface area (Å²) in [6.45, 7) is 0. The van der Waals surface area contributed by atoms with Crippen molar-refractivity contribution in [2.24, 2.45) is 0 Å². The van der Waals surface area contributed by atoms with E-state index < -0.39 is 17.2 Å². The molecule has 1 aromatic rings. The average Bonchev–Trinajstić information content (AvgIpc) is 1.99. The van der Waals surface area contributed by atoms with Gasteiger partial charge in [0.1, 0.15) is 11.5 Å². The summed E-state index contributed by atoms with van der Waals surface area (Å²) in [5, 5.41) is 26.4. The molecule has 61 valence electrons. The van der Waals surface area contributed by atoms with E-state index in [1.165, 1.54) is 6.29 Å². The van der Waals surface area contributed by atoms with Gasteiger partial charge in [-0.25, -0.2) is 0 Å². The molecule has 1 radical (unpaired) electrons. The largest absolute Gasteiger partial charge is 0.517 e. The maximum Gasteiger partial charge on any atom is 0.174 e. The van der Waals surface area contributed by atoms with Crippen LogP contribution >= 0.6 is 0 Å². The molecular weight excluding hydrogens is 287 g/mol. The molecule has 0 spiro atoms. The van der Waals surface area contributed by atoms with E-state index in [1.54, 1.807) is 0 Å². The van der Waals surface area contributed by atoms with Crippen molar-refractivity contribution in [1.82, 2.24) is 0 Å². The van der Waals surface area contributed by atoms with E-state index in [0.29, 0.717) is 0 Å². The second-order valence-electron chi connectivity index (χ2n) is 1.97. The predicted molar refractivity (Wildman–Crippen MR) is 36.2 cm³/mol. The first kappa shape index (κ1) is 11.5. The van der Waals surface area contributed by atoms with Crippen LogP contribution in [0.5, 0.6) is 17.2 Å². The van der Waals surface area contributed by atoms with Crippen LogP contribution in [0.2, 0.25) is 0 Å². The summed E-state index contributed by atoms with van der Waals surface area (Å²) < 4.78 is 0. The van der Waals surface area contributed by atoms with Crippen molar-refractivity contribution in [3.8, 4) is 17.2 Å². The van der Waals surface area contributed by atoms with Crippen LogP contribution < -0.4 is 0 Å². The van der Waals surface area contributed by atoms with E-state index >= 15 is 0 Å². The molecule has 0 aliphatic carbocycles. The molecule has 1 rings (SSSR count). The molecule has 0 amide bonds. The van der Waals surface area contributed by atoms with Gasteiger partial charge >= 0.3 is 0 Å². The molecule has 0 atom stereocenters. The standard InChI is InChI=1S/C7H5O4.La/c8-3-4-1-5(9)7(11)6(10)2-4;/h1-2,9-11H;/q-1;. The number of carbonyl (C=O) groups excluding carboxylic acids is 1. The monoisotopic (exact) mass is 292 g/mol. The molecule has 0 unspecified atom stereocenters. The minimum Gasteiger partial charge on any atom is -0.517 e. The van der Waals surface area contributed by atoms with E-state index in [2.05, 4.69) is 0 Å². The molecule has 0 bridgehead atoms. The number of aromatic hydroxyl groups is 3. The van der Waals surface area contributed by atoms with Gasteiger partial charge in [-0.15, -0.1) is 17.7 Å². The summed E-state index contributed by atoms with van der Waals surface area (Å²) in [5.41, 5.74) is -0.0159. The molecule has 0 saturated heterocycles. The number of hydrogen-bond acceptors (Lipinski definition) is 4. The number of benzene rings is 1. The summed E-state index contributed by atoms with van der Waals surface area (Å²) in [7, 11) is 0. The number of phenolic OH excluding ortho intramolecular Hbond substituents is 3. The molecule has 0 aromatic heterocycles. The Labute approximate surface area is 96.4 Å². The van der Waals surface area contributed by atoms with Gasteiger partial charge in [0, 0.05) is 35.6 Å². The number of hydrogen-bond donors (Lipinski definition) is 3. The minimum atomic E-state index is -0.635. The smallest absolute Gasteiger partial charge is 0.174 e. The summed E-state index contributed by atoms with van der Waals surface area (Å²) in [6, 6.07) is 2.00. The third kappa shape index (κ3) is 2.23. The molecule has 3 N–H and O–H groups in total. The summed E-state index contributed by atoms with van der Waals surface area (Å²) in [4.78, 5) is 9.99. The fourth-order valence-electron chi connectivity index (χ4n) is 0.663. The van der Waals surface area contributed by atoms with Crippen LogP contribution in [0, 0.1) is 35.6 Å². The van der Waals surface area contributed by atoms with Crippen molar-refractivity contribution in [2.75, 3.05) is 0 Å². The summed E-state index contributed by atoms with van der Waals surface area (Å²) in [6.07, 6.45) is 1.45. The quantitative estimate of drug-likeness (QED) is 0.512. The second-order valence-corrected chi connectivity index (χ2v) is 1.97. The van der Waals surface area contributed by atoms with E-state index in [4.69, 9.17) is 15.3 Å². The van der Waals surface area contributed by atoms with Gasteiger partial charge in [-0.3, -0.25) is 0 Å². The van der Waals surface area contributed by atoms with Gasteiger partial charge in [-0.1, -0.05) is 0 Å². The Morgan fingerprint density at radius 1 is 1.08 bits per heavy atom. The van der Waals surface area contributed by atoms with Crippen molar-refractivity contribution in [3.05, 3.63) is 17.7 Å². The second kappa shape index (κ2) is 4.50. The van der Waals surface area contributed by atoms with Gasteiger partial charge < -0.3 is 20.1 Å². The van der Waals surface area contributed by atoms with Crippen molar-refractivity contribution >= 4 is 6.29 Å². The number of phenols is 3. The van der Waals surface area contributed by atoms with Crippen LogP contribution in [0.3, 0.4) is 0 Å². The van der Waals surface area contributed by atoms with Crippen LogP contribution in [-0.4, -0.2) is 21.6 Å². The van der Waals surface area contributed by atoms with Gasteiger partial charge in [0.2, 0.25) is 0 Å². The zero-order valence-electron chi connectivity index (χ0n) is 5.98. The molecular formula is C7H5LaO4-. The fraction of sp³-hybridized carbons (Fsp3) is 0. The third-order valence-electron chi connectivity index (χ3n) is 1.19. The zero-order chi connectivity index (χ0) is 8.43. The Kier molecular flexibility index (Phi) is 4.30. The zero-order valence-corrected chi connectivity index (χ0v) is 9.61. The molecule has 1 aromatic carbocycles. The van der Waals surface area contributed by atoms with Crippen molar-refractivity contribution < 1.29 is 55.7 Å². The first-order valence-corrected chi connectivity index (χ1v) is 2.78. The van der Waals surface area contributed by atoms with E-state index in [1.807, 2.05) is 0 Å². The number of rotatable bonds is 1. The molecule has 0 aliphatic rings. The van der Waals surface area contributed by atoms with Crippen LogP contribution in [0.4, 0.5) is 0 Å². The molecule has 0 aliphatic heterocycles. The molecule has 0 fully saturated rings. The first-order chi connectivity index (χ1) is 5.15. The van der Waals surface area contributed by atoms with Gasteiger partial charge in [0.15, 0.2) is 5.75 Å². The van der Waals surface area contributed by atoms with E-state index in [0.717, 1.165) is 12.1 Å². The van der Waals surface area contributed by atoms with Gasteiger partial charge in [-0.05, 0) is 0 Å². The minimum absolute atomic E-state index is 0. The Morgan fingerprint density at radius 3 is 1.83 bits per heavy atom. The Morgan fingerprint density at radius 2 is 1.50 bits per heavy atom. The Bertz CT molecular complexity index is 274. The topological polar surface area (TPSA) is 77.8 Å². The Balaban J connectivity index is 0.00000121. The third-order valence-corrected chi connectivity index (χ3v) is 1.19.